The van der Waals surface area contributed by atoms with E-state index in [1.807, 2.05) is 35.2 Å². The number of likely N-dealkylation sites (tertiary alicyclic amines) is 1. The summed E-state index contributed by atoms with van der Waals surface area (Å²) in [4.78, 5) is 40.6. The van der Waals surface area contributed by atoms with Crippen LogP contribution in [-0.4, -0.2) is 66.9 Å². The molecule has 7 nitrogen and oxygen atoms in total. The van der Waals surface area contributed by atoms with Gasteiger partial charge in [0.2, 0.25) is 5.91 Å². The summed E-state index contributed by atoms with van der Waals surface area (Å²) in [7, 11) is 0. The first-order valence-corrected chi connectivity index (χ1v) is 13.9. The van der Waals surface area contributed by atoms with E-state index in [-0.39, 0.29) is 24.3 Å². The molecule has 2 aliphatic heterocycles. The van der Waals surface area contributed by atoms with Crippen LogP contribution >= 0.6 is 0 Å². The molecule has 1 fully saturated rings. The second-order valence-electron chi connectivity index (χ2n) is 10.4. The summed E-state index contributed by atoms with van der Waals surface area (Å²) >= 11 is 0. The fourth-order valence-electron chi connectivity index (χ4n) is 5.47. The van der Waals surface area contributed by atoms with Crippen molar-refractivity contribution < 1.29 is 23.9 Å². The first kappa shape index (κ1) is 27.8. The second kappa shape index (κ2) is 13.6. The Labute approximate surface area is 226 Å². The Morgan fingerprint density at radius 2 is 1.68 bits per heavy atom. The summed E-state index contributed by atoms with van der Waals surface area (Å²) < 4.78 is 10.7. The molecule has 0 saturated carbocycles. The maximum atomic E-state index is 13.0. The van der Waals surface area contributed by atoms with Crippen molar-refractivity contribution in [1.29, 1.82) is 0 Å². The third-order valence-corrected chi connectivity index (χ3v) is 7.78. The van der Waals surface area contributed by atoms with E-state index in [0.717, 1.165) is 76.0 Å². The normalized spacial score (nSPS) is 16.4. The minimum absolute atomic E-state index is 0.0926. The summed E-state index contributed by atoms with van der Waals surface area (Å²) in [6.07, 6.45) is 5.27. The third-order valence-electron chi connectivity index (χ3n) is 7.78. The molecule has 0 radical (unpaired) electrons. The van der Waals surface area contributed by atoms with E-state index in [4.69, 9.17) is 9.47 Å². The summed E-state index contributed by atoms with van der Waals surface area (Å²) in [5, 5.41) is 0. The molecule has 38 heavy (non-hydrogen) atoms. The van der Waals surface area contributed by atoms with Crippen molar-refractivity contribution in [2.75, 3.05) is 39.4 Å². The minimum atomic E-state index is -0.365. The van der Waals surface area contributed by atoms with Gasteiger partial charge in [0.25, 0.3) is 0 Å². The van der Waals surface area contributed by atoms with Gasteiger partial charge < -0.3 is 14.4 Å². The topological polar surface area (TPSA) is 76.2 Å². The number of carbonyl (C=O) groups excluding carboxylic acids is 3. The van der Waals surface area contributed by atoms with Gasteiger partial charge in [-0.05, 0) is 68.2 Å². The smallest absolute Gasteiger partial charge is 0.344 e. The molecule has 2 aromatic carbocycles. The van der Waals surface area contributed by atoms with E-state index < -0.39 is 0 Å². The molecule has 1 saturated heterocycles. The Hall–Kier alpha value is -3.19. The van der Waals surface area contributed by atoms with Crippen molar-refractivity contribution in [3.63, 3.8) is 0 Å². The number of piperidine rings is 1. The van der Waals surface area contributed by atoms with Crippen molar-refractivity contribution >= 4 is 17.7 Å². The van der Waals surface area contributed by atoms with Crippen LogP contribution in [0.4, 0.5) is 0 Å². The number of nitrogens with zero attached hydrogens (tertiary/aromatic N) is 2. The van der Waals surface area contributed by atoms with Crippen LogP contribution in [0.1, 0.15) is 66.6 Å². The van der Waals surface area contributed by atoms with Crippen LogP contribution in [0.5, 0.6) is 5.75 Å². The largest absolute Gasteiger partial charge is 0.482 e. The minimum Gasteiger partial charge on any atom is -0.482 e. The molecule has 0 aliphatic carbocycles. The average molecular weight is 521 g/mol. The molecule has 204 valence electrons. The van der Waals surface area contributed by atoms with Gasteiger partial charge in [-0.2, -0.15) is 0 Å². The molecule has 0 atom stereocenters. The summed E-state index contributed by atoms with van der Waals surface area (Å²) in [5.74, 6) is 1.23. The molecule has 0 N–H and O–H groups in total. The number of para-hydroxylation sites is 1. The van der Waals surface area contributed by atoms with Gasteiger partial charge in [-0.3, -0.25) is 14.5 Å². The van der Waals surface area contributed by atoms with E-state index in [2.05, 4.69) is 17.0 Å². The van der Waals surface area contributed by atoms with Gasteiger partial charge in [-0.1, -0.05) is 30.3 Å². The number of fused-ring (bicyclic) bond motifs is 1. The molecule has 4 rings (SSSR count). The van der Waals surface area contributed by atoms with Crippen molar-refractivity contribution in [3.8, 4) is 5.75 Å². The molecule has 1 amide bonds. The molecule has 7 heteroatoms. The van der Waals surface area contributed by atoms with Gasteiger partial charge in [0.05, 0.1) is 6.61 Å². The van der Waals surface area contributed by atoms with Crippen LogP contribution in [0.15, 0.2) is 42.5 Å². The second-order valence-corrected chi connectivity index (χ2v) is 10.4. The van der Waals surface area contributed by atoms with E-state index >= 15 is 0 Å². The SMILES string of the molecule is CCOC(=O)COc1ccccc1CN1CCc2ccc(C(=O)CCC3CCN(C(C)=O)CC3)cc2CC1. The maximum absolute atomic E-state index is 13.0. The molecular formula is C31H40N2O5. The lowest BCUT2D eigenvalue weighted by Gasteiger charge is -2.31. The zero-order valence-electron chi connectivity index (χ0n) is 22.7. The fraction of sp³-hybridized carbons (Fsp3) is 0.516. The van der Waals surface area contributed by atoms with Crippen molar-refractivity contribution in [2.45, 2.75) is 58.9 Å². The standard InChI is InChI=1S/C31H40N2O5/c1-3-37-31(36)22-38-30-7-5-4-6-28(30)21-32-16-14-25-9-10-27(20-26(25)15-17-32)29(35)11-8-24-12-18-33(19-13-24)23(2)34/h4-7,9-10,20,24H,3,8,11-19,21-22H2,1-2H3. The van der Waals surface area contributed by atoms with Gasteiger partial charge >= 0.3 is 5.97 Å². The highest BCUT2D eigenvalue weighted by Crippen LogP contribution is 2.26. The molecule has 0 unspecified atom stereocenters. The van der Waals surface area contributed by atoms with Crippen LogP contribution < -0.4 is 4.74 Å². The first-order chi connectivity index (χ1) is 18.4. The highest BCUT2D eigenvalue weighted by molar-refractivity contribution is 5.96. The highest BCUT2D eigenvalue weighted by Gasteiger charge is 2.22. The van der Waals surface area contributed by atoms with Crippen LogP contribution in [-0.2, 0) is 33.7 Å². The molecule has 2 aromatic rings. The zero-order chi connectivity index (χ0) is 26.9. The average Bonchev–Trinajstić information content (AvgIpc) is 3.13. The summed E-state index contributed by atoms with van der Waals surface area (Å²) in [6, 6.07) is 14.1. The number of hydrogen-bond acceptors (Lipinski definition) is 6. The molecule has 0 spiro atoms. The van der Waals surface area contributed by atoms with Crippen LogP contribution in [0.3, 0.4) is 0 Å². The van der Waals surface area contributed by atoms with E-state index in [1.54, 1.807) is 13.8 Å². The molecule has 2 aliphatic rings. The van der Waals surface area contributed by atoms with Crippen molar-refractivity contribution in [3.05, 3.63) is 64.7 Å². The number of Topliss-reactive ketones (excluding diaryl/α,β-unsaturated/α-hetero) is 1. The molecule has 2 heterocycles. The lowest BCUT2D eigenvalue weighted by molar-refractivity contribution is -0.145. The van der Waals surface area contributed by atoms with E-state index in [1.165, 1.54) is 11.1 Å². The Morgan fingerprint density at radius 1 is 0.947 bits per heavy atom. The van der Waals surface area contributed by atoms with Gasteiger partial charge in [0, 0.05) is 57.2 Å². The Balaban J connectivity index is 1.30. The summed E-state index contributed by atoms with van der Waals surface area (Å²) in [6.45, 7) is 7.83. The van der Waals surface area contributed by atoms with Gasteiger partial charge in [-0.25, -0.2) is 4.79 Å². The number of carbonyl (C=O) groups is 3. The number of esters is 1. The summed E-state index contributed by atoms with van der Waals surface area (Å²) in [5.41, 5.74) is 4.44. The molecule has 0 bridgehead atoms. The van der Waals surface area contributed by atoms with Gasteiger partial charge in [-0.15, -0.1) is 0 Å². The zero-order valence-corrected chi connectivity index (χ0v) is 22.7. The number of rotatable bonds is 10. The Kier molecular flexibility index (Phi) is 9.93. The number of ketones is 1. The predicted octanol–water partition coefficient (Wildman–Crippen LogP) is 4.45. The van der Waals surface area contributed by atoms with E-state index in [9.17, 15) is 14.4 Å². The predicted molar refractivity (Wildman–Crippen MR) is 146 cm³/mol. The Morgan fingerprint density at radius 3 is 2.42 bits per heavy atom. The number of hydrogen-bond donors (Lipinski definition) is 0. The maximum Gasteiger partial charge on any atom is 0.344 e. The first-order valence-electron chi connectivity index (χ1n) is 13.9. The lowest BCUT2D eigenvalue weighted by Crippen LogP contribution is -2.37. The monoisotopic (exact) mass is 520 g/mol. The third kappa shape index (κ3) is 7.67. The highest BCUT2D eigenvalue weighted by atomic mass is 16.6. The quantitative estimate of drug-likeness (QED) is 0.340. The van der Waals surface area contributed by atoms with Crippen LogP contribution in [0.25, 0.3) is 0 Å². The van der Waals surface area contributed by atoms with Gasteiger partial charge in [0.15, 0.2) is 12.4 Å². The molecular weight excluding hydrogens is 480 g/mol. The Bertz CT molecular complexity index is 1120. The van der Waals surface area contributed by atoms with Crippen LogP contribution in [0.2, 0.25) is 0 Å². The van der Waals surface area contributed by atoms with Crippen LogP contribution in [0, 0.1) is 5.92 Å². The fourth-order valence-corrected chi connectivity index (χ4v) is 5.47. The van der Waals surface area contributed by atoms with Gasteiger partial charge in [0.1, 0.15) is 5.75 Å². The van der Waals surface area contributed by atoms with Crippen molar-refractivity contribution in [2.24, 2.45) is 5.92 Å². The van der Waals surface area contributed by atoms with Crippen molar-refractivity contribution in [1.82, 2.24) is 9.80 Å². The number of benzene rings is 2. The van der Waals surface area contributed by atoms with E-state index in [0.29, 0.717) is 24.7 Å². The lowest BCUT2D eigenvalue weighted by atomic mass is 9.89. The number of amides is 1. The molecule has 0 aromatic heterocycles. The number of ether oxygens (including phenoxy) is 2.